The second kappa shape index (κ2) is 12.3. The van der Waals surface area contributed by atoms with Crippen LogP contribution in [0.1, 0.15) is 99.0 Å². The zero-order chi connectivity index (χ0) is 24.7. The van der Waals surface area contributed by atoms with Crippen LogP contribution in [-0.2, 0) is 16.0 Å². The fourth-order valence-electron chi connectivity index (χ4n) is 5.80. The van der Waals surface area contributed by atoms with E-state index in [9.17, 15) is 9.59 Å². The van der Waals surface area contributed by atoms with E-state index in [1.54, 1.807) is 11.8 Å². The van der Waals surface area contributed by atoms with Gasteiger partial charge in [-0.1, -0.05) is 69.5 Å². The Morgan fingerprint density at radius 2 is 1.83 bits per heavy atom. The zero-order valence-electron chi connectivity index (χ0n) is 21.4. The van der Waals surface area contributed by atoms with Gasteiger partial charge in [-0.3, -0.25) is 9.59 Å². The highest BCUT2D eigenvalue weighted by Crippen LogP contribution is 2.50. The monoisotopic (exact) mass is 492 g/mol. The van der Waals surface area contributed by atoms with Crippen molar-refractivity contribution in [1.82, 2.24) is 0 Å². The summed E-state index contributed by atoms with van der Waals surface area (Å²) < 4.78 is 5.52. The summed E-state index contributed by atoms with van der Waals surface area (Å²) in [6.07, 6.45) is 10.1. The van der Waals surface area contributed by atoms with Gasteiger partial charge in [0.25, 0.3) is 0 Å². The van der Waals surface area contributed by atoms with Crippen LogP contribution in [0.15, 0.2) is 53.4 Å². The number of unbranched alkanes of at least 4 members (excludes halogenated alkanes) is 1. The molecule has 4 heteroatoms. The lowest BCUT2D eigenvalue weighted by Crippen LogP contribution is -2.32. The van der Waals surface area contributed by atoms with Crippen molar-refractivity contribution in [2.24, 2.45) is 11.3 Å². The molecule has 1 saturated carbocycles. The Morgan fingerprint density at radius 3 is 2.51 bits per heavy atom. The summed E-state index contributed by atoms with van der Waals surface area (Å²) in [6.45, 7) is 4.94. The fourth-order valence-corrected chi connectivity index (χ4v) is 6.64. The number of esters is 1. The van der Waals surface area contributed by atoms with E-state index < -0.39 is 0 Å². The highest BCUT2D eigenvalue weighted by molar-refractivity contribution is 7.99. The molecule has 0 aromatic heterocycles. The maximum Gasteiger partial charge on any atom is 0.306 e. The van der Waals surface area contributed by atoms with Crippen LogP contribution >= 0.6 is 11.8 Å². The normalized spacial score (nSPS) is 22.2. The van der Waals surface area contributed by atoms with Gasteiger partial charge >= 0.3 is 5.97 Å². The summed E-state index contributed by atoms with van der Waals surface area (Å²) >= 11 is 1.72. The maximum atomic E-state index is 13.1. The lowest BCUT2D eigenvalue weighted by Gasteiger charge is -2.36. The van der Waals surface area contributed by atoms with Crippen molar-refractivity contribution >= 4 is 23.5 Å². The molecule has 0 bridgehead atoms. The molecule has 1 unspecified atom stereocenters. The second-order valence-corrected chi connectivity index (χ2v) is 11.7. The Hall–Kier alpha value is -2.07. The first kappa shape index (κ1) is 26.0. The number of thioether (sulfide) groups is 1. The number of hydrogen-bond donors (Lipinski definition) is 0. The van der Waals surface area contributed by atoms with Crippen LogP contribution in [0, 0.1) is 11.3 Å². The predicted molar refractivity (Wildman–Crippen MR) is 144 cm³/mol. The van der Waals surface area contributed by atoms with Gasteiger partial charge in [0.2, 0.25) is 0 Å². The Labute approximate surface area is 215 Å². The highest BCUT2D eigenvalue weighted by Gasteiger charge is 2.47. The van der Waals surface area contributed by atoms with Gasteiger partial charge in [-0.05, 0) is 73.6 Å². The number of fused-ring (bicyclic) bond motifs is 1. The van der Waals surface area contributed by atoms with Crippen LogP contribution < -0.4 is 0 Å². The molecule has 0 heterocycles. The molecule has 0 N–H and O–H groups in total. The molecule has 2 aromatic rings. The van der Waals surface area contributed by atoms with Crippen LogP contribution in [-0.4, -0.2) is 24.1 Å². The number of ketones is 1. The molecule has 3 nitrogen and oxygen atoms in total. The SMILES string of the molecule is CCCCC(CC)COC(=O)CCSc1ccc(C2CCC3(CC2)Cc2ccccc2C3=O)cc1. The summed E-state index contributed by atoms with van der Waals surface area (Å²) in [4.78, 5) is 26.4. The van der Waals surface area contributed by atoms with E-state index >= 15 is 0 Å². The summed E-state index contributed by atoms with van der Waals surface area (Å²) in [5.41, 5.74) is 3.42. The number of hydrogen-bond acceptors (Lipinski definition) is 4. The van der Waals surface area contributed by atoms with E-state index in [-0.39, 0.29) is 11.4 Å². The van der Waals surface area contributed by atoms with Crippen molar-refractivity contribution in [3.05, 3.63) is 65.2 Å². The largest absolute Gasteiger partial charge is 0.465 e. The number of Topliss-reactive ketones (excluding diaryl/α,β-unsaturated/α-hetero) is 1. The predicted octanol–water partition coefficient (Wildman–Crippen LogP) is 8.01. The molecule has 1 fully saturated rings. The molecule has 188 valence electrons. The summed E-state index contributed by atoms with van der Waals surface area (Å²) in [6, 6.07) is 17.0. The molecule has 4 rings (SSSR count). The Morgan fingerprint density at radius 1 is 1.09 bits per heavy atom. The first-order valence-corrected chi connectivity index (χ1v) is 14.5. The van der Waals surface area contributed by atoms with Gasteiger partial charge in [-0.2, -0.15) is 0 Å². The smallest absolute Gasteiger partial charge is 0.306 e. The van der Waals surface area contributed by atoms with Gasteiger partial charge in [-0.15, -0.1) is 11.8 Å². The first-order valence-electron chi connectivity index (χ1n) is 13.6. The fraction of sp³-hybridized carbons (Fsp3) is 0.548. The number of benzene rings is 2. The third-order valence-electron chi connectivity index (χ3n) is 8.16. The van der Waals surface area contributed by atoms with Gasteiger partial charge in [0.1, 0.15) is 0 Å². The molecule has 0 radical (unpaired) electrons. The molecule has 0 saturated heterocycles. The molecular formula is C31H40O3S. The number of ether oxygens (including phenoxy) is 1. The van der Waals surface area contributed by atoms with Crippen molar-refractivity contribution in [1.29, 1.82) is 0 Å². The third-order valence-corrected chi connectivity index (χ3v) is 9.18. The highest BCUT2D eigenvalue weighted by atomic mass is 32.2. The Balaban J connectivity index is 1.19. The summed E-state index contributed by atoms with van der Waals surface area (Å²) in [7, 11) is 0. The van der Waals surface area contributed by atoms with Gasteiger partial charge in [0.05, 0.1) is 13.0 Å². The van der Waals surface area contributed by atoms with Crippen molar-refractivity contribution in [3.8, 4) is 0 Å². The molecule has 0 amide bonds. The lowest BCUT2D eigenvalue weighted by atomic mass is 9.67. The van der Waals surface area contributed by atoms with Crippen LogP contribution in [0.3, 0.4) is 0 Å². The van der Waals surface area contributed by atoms with Gasteiger partial charge < -0.3 is 4.74 Å². The van der Waals surface area contributed by atoms with Crippen molar-refractivity contribution in [2.75, 3.05) is 12.4 Å². The Kier molecular flexibility index (Phi) is 9.10. The van der Waals surface area contributed by atoms with Crippen LogP contribution in [0.25, 0.3) is 0 Å². The van der Waals surface area contributed by atoms with Gasteiger partial charge in [0, 0.05) is 21.6 Å². The zero-order valence-corrected chi connectivity index (χ0v) is 22.2. The third kappa shape index (κ3) is 6.39. The number of carbonyl (C=O) groups excluding carboxylic acids is 2. The van der Waals surface area contributed by atoms with Gasteiger partial charge in [0.15, 0.2) is 5.78 Å². The van der Waals surface area contributed by atoms with Gasteiger partial charge in [-0.25, -0.2) is 0 Å². The molecular weight excluding hydrogens is 452 g/mol. The molecule has 1 spiro atoms. The van der Waals surface area contributed by atoms with E-state index in [1.807, 2.05) is 12.1 Å². The van der Waals surface area contributed by atoms with Crippen LogP contribution in [0.4, 0.5) is 0 Å². The van der Waals surface area contributed by atoms with E-state index in [1.165, 1.54) is 28.9 Å². The average molecular weight is 493 g/mol. The molecule has 35 heavy (non-hydrogen) atoms. The molecule has 2 aromatic carbocycles. The van der Waals surface area contributed by atoms with E-state index in [4.69, 9.17) is 4.74 Å². The maximum absolute atomic E-state index is 13.1. The minimum Gasteiger partial charge on any atom is -0.465 e. The quantitative estimate of drug-likeness (QED) is 0.235. The summed E-state index contributed by atoms with van der Waals surface area (Å²) in [5, 5.41) is 0. The average Bonchev–Trinajstić information content (AvgIpc) is 3.16. The van der Waals surface area contributed by atoms with Crippen molar-refractivity contribution in [2.45, 2.75) is 88.9 Å². The van der Waals surface area contributed by atoms with E-state index in [2.05, 4.69) is 50.2 Å². The van der Waals surface area contributed by atoms with Crippen LogP contribution in [0.5, 0.6) is 0 Å². The lowest BCUT2D eigenvalue weighted by molar-refractivity contribution is -0.144. The van der Waals surface area contributed by atoms with E-state index in [0.717, 1.165) is 56.3 Å². The Bertz CT molecular complexity index is 989. The van der Waals surface area contributed by atoms with Crippen molar-refractivity contribution in [3.63, 3.8) is 0 Å². The van der Waals surface area contributed by atoms with Crippen molar-refractivity contribution < 1.29 is 14.3 Å². The topological polar surface area (TPSA) is 43.4 Å². The number of carbonyl (C=O) groups is 2. The minimum atomic E-state index is -0.155. The molecule has 0 aliphatic heterocycles. The molecule has 2 aliphatic rings. The summed E-state index contributed by atoms with van der Waals surface area (Å²) in [5.74, 6) is 2.08. The second-order valence-electron chi connectivity index (χ2n) is 10.5. The minimum absolute atomic E-state index is 0.0798. The molecule has 2 aliphatic carbocycles. The first-order chi connectivity index (χ1) is 17.0. The number of rotatable bonds is 11. The van der Waals surface area contributed by atoms with Crippen LogP contribution in [0.2, 0.25) is 0 Å². The van der Waals surface area contributed by atoms with E-state index in [0.29, 0.717) is 30.6 Å². The molecule has 1 atom stereocenters. The standard InChI is InChI=1S/C31H40O3S/c1-3-5-8-23(4-2)22-34-29(32)17-20-35-27-13-11-24(12-14-27)25-15-18-31(19-16-25)21-26-9-6-7-10-28(26)30(31)33/h6-7,9-14,23,25H,3-5,8,15-22H2,1-2H3.